The molecule has 0 aliphatic carbocycles. The van der Waals surface area contributed by atoms with Crippen molar-refractivity contribution in [1.29, 1.82) is 0 Å². The lowest BCUT2D eigenvalue weighted by molar-refractivity contribution is -0.142. The van der Waals surface area contributed by atoms with Crippen LogP contribution in [0.2, 0.25) is 5.02 Å². The number of benzene rings is 3. The Bertz CT molecular complexity index is 953. The van der Waals surface area contributed by atoms with E-state index < -0.39 is 12.6 Å². The van der Waals surface area contributed by atoms with Crippen LogP contribution in [0.5, 0.6) is 5.75 Å². The first kappa shape index (κ1) is 19.5. The van der Waals surface area contributed by atoms with Crippen LogP contribution in [0.25, 0.3) is 11.1 Å². The minimum atomic E-state index is -1.06. The molecule has 3 rings (SSSR count). The van der Waals surface area contributed by atoms with Crippen molar-refractivity contribution in [1.82, 2.24) is 0 Å². The molecule has 0 aromatic heterocycles. The maximum atomic E-state index is 10.4. The third-order valence-electron chi connectivity index (χ3n) is 3.86. The van der Waals surface area contributed by atoms with Gasteiger partial charge in [-0.2, -0.15) is 0 Å². The van der Waals surface area contributed by atoms with Gasteiger partial charge in [-0.25, -0.2) is 4.79 Å². The monoisotopic (exact) mass is 395 g/mol. The Hall–Kier alpha value is -3.31. The third kappa shape index (κ3) is 5.86. The molecule has 6 heteroatoms. The average molecular weight is 396 g/mol. The minimum Gasteiger partial charge on any atom is -0.489 e. The van der Waals surface area contributed by atoms with Crippen LogP contribution < -0.4 is 4.74 Å². The number of aliphatic carboxylic acids is 1. The Morgan fingerprint density at radius 3 is 2.46 bits per heavy atom. The molecule has 0 bridgehead atoms. The highest BCUT2D eigenvalue weighted by molar-refractivity contribution is 6.30. The second kappa shape index (κ2) is 9.58. The highest BCUT2D eigenvalue weighted by atomic mass is 35.5. The van der Waals surface area contributed by atoms with Crippen molar-refractivity contribution in [3.05, 3.63) is 88.9 Å². The number of carboxylic acid groups (broad SMARTS) is 1. The van der Waals surface area contributed by atoms with E-state index in [9.17, 15) is 4.79 Å². The number of carboxylic acids is 1. The predicted octanol–water partition coefficient (Wildman–Crippen LogP) is 5.02. The molecule has 0 saturated carbocycles. The molecule has 0 atom stereocenters. The fourth-order valence-corrected chi connectivity index (χ4v) is 2.59. The van der Waals surface area contributed by atoms with Crippen LogP contribution in [0.1, 0.15) is 11.1 Å². The number of oxime groups is 1. The van der Waals surface area contributed by atoms with Crippen molar-refractivity contribution in [2.45, 2.75) is 6.61 Å². The zero-order valence-corrected chi connectivity index (χ0v) is 15.7. The number of rotatable bonds is 8. The molecule has 0 spiro atoms. The van der Waals surface area contributed by atoms with Crippen molar-refractivity contribution in [3.63, 3.8) is 0 Å². The summed E-state index contributed by atoms with van der Waals surface area (Å²) in [7, 11) is 0. The van der Waals surface area contributed by atoms with Crippen molar-refractivity contribution in [2.24, 2.45) is 5.16 Å². The zero-order valence-electron chi connectivity index (χ0n) is 14.9. The van der Waals surface area contributed by atoms with Crippen LogP contribution in [-0.4, -0.2) is 23.9 Å². The van der Waals surface area contributed by atoms with Crippen molar-refractivity contribution in [3.8, 4) is 16.9 Å². The van der Waals surface area contributed by atoms with E-state index in [-0.39, 0.29) is 0 Å². The summed E-state index contributed by atoms with van der Waals surface area (Å²) < 4.78 is 5.87. The molecule has 0 heterocycles. The average Bonchev–Trinajstić information content (AvgIpc) is 2.71. The normalized spacial score (nSPS) is 10.8. The molecule has 0 amide bonds. The Morgan fingerprint density at radius 1 is 1.00 bits per heavy atom. The largest absolute Gasteiger partial charge is 0.489 e. The molecule has 0 unspecified atom stereocenters. The van der Waals surface area contributed by atoms with Crippen molar-refractivity contribution >= 4 is 23.8 Å². The molecule has 28 heavy (non-hydrogen) atoms. The predicted molar refractivity (Wildman–Crippen MR) is 109 cm³/mol. The molecule has 0 fully saturated rings. The summed E-state index contributed by atoms with van der Waals surface area (Å²) in [5.41, 5.74) is 3.91. The molecule has 142 valence electrons. The topological polar surface area (TPSA) is 68.1 Å². The first-order valence-electron chi connectivity index (χ1n) is 8.55. The quantitative estimate of drug-likeness (QED) is 0.429. The van der Waals surface area contributed by atoms with Crippen LogP contribution in [0.3, 0.4) is 0 Å². The molecule has 0 aliphatic rings. The molecular formula is C22H18ClNO4. The highest BCUT2D eigenvalue weighted by Crippen LogP contribution is 2.25. The van der Waals surface area contributed by atoms with Gasteiger partial charge in [-0.1, -0.05) is 65.3 Å². The molecule has 1 N–H and O–H groups in total. The van der Waals surface area contributed by atoms with Gasteiger partial charge in [-0.15, -0.1) is 0 Å². The van der Waals surface area contributed by atoms with Gasteiger partial charge >= 0.3 is 5.97 Å². The van der Waals surface area contributed by atoms with E-state index in [1.807, 2.05) is 72.8 Å². The van der Waals surface area contributed by atoms with Crippen LogP contribution in [0, 0.1) is 0 Å². The van der Waals surface area contributed by atoms with E-state index in [0.29, 0.717) is 11.6 Å². The van der Waals surface area contributed by atoms with Gasteiger partial charge in [0, 0.05) is 5.02 Å². The minimum absolute atomic E-state index is 0.461. The summed E-state index contributed by atoms with van der Waals surface area (Å²) in [5.74, 6) is -0.286. The first-order chi connectivity index (χ1) is 13.6. The standard InChI is InChI=1S/C22H18ClNO4/c23-20-10-6-17(7-11-20)14-27-21-3-1-2-19(12-21)18-8-4-16(5-9-18)13-24-28-15-22(25)26/h1-13H,14-15H2,(H,25,26)/b24-13+. The molecule has 0 radical (unpaired) electrons. The Labute approximate surface area is 167 Å². The van der Waals surface area contributed by atoms with Gasteiger partial charge in [0.05, 0.1) is 6.21 Å². The lowest BCUT2D eigenvalue weighted by Gasteiger charge is -2.09. The zero-order chi connectivity index (χ0) is 19.8. The van der Waals surface area contributed by atoms with Crippen molar-refractivity contribution in [2.75, 3.05) is 6.61 Å². The summed E-state index contributed by atoms with van der Waals surface area (Å²) >= 11 is 5.90. The second-order valence-corrected chi connectivity index (χ2v) is 6.40. The van der Waals surface area contributed by atoms with E-state index in [1.54, 1.807) is 0 Å². The molecule has 0 saturated heterocycles. The maximum absolute atomic E-state index is 10.4. The molecule has 3 aromatic rings. The molecular weight excluding hydrogens is 378 g/mol. The highest BCUT2D eigenvalue weighted by Gasteiger charge is 2.02. The molecule has 0 aliphatic heterocycles. The Kier molecular flexibility index (Phi) is 6.65. The summed E-state index contributed by atoms with van der Waals surface area (Å²) in [6.07, 6.45) is 1.47. The van der Waals surface area contributed by atoms with Gasteiger partial charge in [-0.05, 0) is 46.5 Å². The van der Waals surface area contributed by atoms with Crippen molar-refractivity contribution < 1.29 is 19.5 Å². The molecule has 5 nitrogen and oxygen atoms in total. The van der Waals surface area contributed by atoms with E-state index in [4.69, 9.17) is 21.4 Å². The summed E-state index contributed by atoms with van der Waals surface area (Å²) in [5, 5.41) is 12.8. The van der Waals surface area contributed by atoms with E-state index >= 15 is 0 Å². The first-order valence-corrected chi connectivity index (χ1v) is 8.93. The van der Waals surface area contributed by atoms with E-state index in [0.717, 1.165) is 28.0 Å². The third-order valence-corrected chi connectivity index (χ3v) is 4.11. The van der Waals surface area contributed by atoms with Crippen LogP contribution >= 0.6 is 11.6 Å². The fourth-order valence-electron chi connectivity index (χ4n) is 2.46. The Morgan fingerprint density at radius 2 is 1.75 bits per heavy atom. The van der Waals surface area contributed by atoms with E-state index in [1.165, 1.54) is 6.21 Å². The lowest BCUT2D eigenvalue weighted by Crippen LogP contribution is -2.03. The number of hydrogen-bond acceptors (Lipinski definition) is 4. The summed E-state index contributed by atoms with van der Waals surface area (Å²) in [6.45, 7) is 0.00373. The van der Waals surface area contributed by atoms with E-state index in [2.05, 4.69) is 9.99 Å². The number of carbonyl (C=O) groups is 1. The van der Waals surface area contributed by atoms with Gasteiger partial charge < -0.3 is 14.7 Å². The summed E-state index contributed by atoms with van der Waals surface area (Å²) in [6, 6.07) is 23.1. The Balaban J connectivity index is 1.62. The van der Waals surface area contributed by atoms with Gasteiger partial charge in [0.15, 0.2) is 0 Å². The smallest absolute Gasteiger partial charge is 0.344 e. The van der Waals surface area contributed by atoms with Crippen LogP contribution in [0.15, 0.2) is 78.0 Å². The number of hydrogen-bond donors (Lipinski definition) is 1. The van der Waals surface area contributed by atoms with Gasteiger partial charge in [0.25, 0.3) is 0 Å². The maximum Gasteiger partial charge on any atom is 0.344 e. The summed E-state index contributed by atoms with van der Waals surface area (Å²) in [4.78, 5) is 15.0. The van der Waals surface area contributed by atoms with Crippen LogP contribution in [-0.2, 0) is 16.2 Å². The van der Waals surface area contributed by atoms with Gasteiger partial charge in [-0.3, -0.25) is 0 Å². The fraction of sp³-hybridized carbons (Fsp3) is 0.0909. The lowest BCUT2D eigenvalue weighted by atomic mass is 10.0. The van der Waals surface area contributed by atoms with Crippen LogP contribution in [0.4, 0.5) is 0 Å². The van der Waals surface area contributed by atoms with Gasteiger partial charge in [0.1, 0.15) is 12.4 Å². The number of nitrogens with zero attached hydrogens (tertiary/aromatic N) is 1. The molecule has 3 aromatic carbocycles. The second-order valence-electron chi connectivity index (χ2n) is 5.97. The number of ether oxygens (including phenoxy) is 1. The van der Waals surface area contributed by atoms with Gasteiger partial charge in [0.2, 0.25) is 6.61 Å². The SMILES string of the molecule is O=C(O)CO/N=C/c1ccc(-c2cccc(OCc3ccc(Cl)cc3)c2)cc1. The number of halogens is 1.